The number of rotatable bonds is 2. The van der Waals surface area contributed by atoms with Gasteiger partial charge in [-0.1, -0.05) is 11.8 Å². The van der Waals surface area contributed by atoms with E-state index in [1.165, 1.54) is 23.5 Å². The summed E-state index contributed by atoms with van der Waals surface area (Å²) < 4.78 is 5.32. The van der Waals surface area contributed by atoms with Gasteiger partial charge in [-0.3, -0.25) is 0 Å². The second kappa shape index (κ2) is 5.14. The highest BCUT2D eigenvalue weighted by Gasteiger charge is 2.47. The number of aliphatic hydroxyl groups excluding tert-OH is 3. The quantitative estimate of drug-likeness (QED) is 0.633. The Kier molecular flexibility index (Phi) is 4.01. The van der Waals surface area contributed by atoms with Gasteiger partial charge in [0.15, 0.2) is 0 Å². The first-order valence-corrected chi connectivity index (χ1v) is 6.99. The Labute approximate surface area is 102 Å². The summed E-state index contributed by atoms with van der Waals surface area (Å²) in [6, 6.07) is -0.339. The standard InChI is InChI=1S/C9H15NO4S2/c1-2-14-9-10-5-7(13)6(12)4(3-11)15-8(5)16-9/h4-8,11-13H,2-3H2,1H3/t4-,5-,6-,7-,8-/m1/s1. The Morgan fingerprint density at radius 3 is 2.75 bits per heavy atom. The van der Waals surface area contributed by atoms with Crippen molar-refractivity contribution in [1.82, 2.24) is 0 Å². The maximum atomic E-state index is 9.88. The van der Waals surface area contributed by atoms with Crippen LogP contribution in [-0.2, 0) is 4.74 Å². The number of fused-ring (bicyclic) bond motifs is 1. The highest BCUT2D eigenvalue weighted by molar-refractivity contribution is 8.25. The van der Waals surface area contributed by atoms with Gasteiger partial charge >= 0.3 is 0 Å². The van der Waals surface area contributed by atoms with Gasteiger partial charge in [0, 0.05) is 0 Å². The molecule has 5 nitrogen and oxygen atoms in total. The molecule has 0 aliphatic carbocycles. The normalized spacial score (nSPS) is 42.8. The van der Waals surface area contributed by atoms with Gasteiger partial charge in [0.25, 0.3) is 0 Å². The fraction of sp³-hybridized carbons (Fsp3) is 0.889. The molecule has 0 unspecified atom stereocenters. The third-order valence-corrected chi connectivity index (χ3v) is 5.47. The fourth-order valence-corrected chi connectivity index (χ4v) is 4.71. The third kappa shape index (κ3) is 2.19. The van der Waals surface area contributed by atoms with Crippen LogP contribution in [0.15, 0.2) is 4.99 Å². The molecule has 0 bridgehead atoms. The van der Waals surface area contributed by atoms with Crippen LogP contribution in [0.4, 0.5) is 0 Å². The number of hydrogen-bond acceptors (Lipinski definition) is 7. The minimum Gasteiger partial charge on any atom is -0.473 e. The molecular weight excluding hydrogens is 250 g/mol. The number of thioether (sulfide) groups is 2. The van der Waals surface area contributed by atoms with Crippen LogP contribution in [0.1, 0.15) is 6.92 Å². The summed E-state index contributed by atoms with van der Waals surface area (Å²) in [4.78, 5) is 4.24. The molecule has 3 N–H and O–H groups in total. The van der Waals surface area contributed by atoms with Gasteiger partial charge in [0.1, 0.15) is 12.1 Å². The first-order valence-electron chi connectivity index (χ1n) is 5.17. The van der Waals surface area contributed by atoms with Crippen molar-refractivity contribution in [3.63, 3.8) is 0 Å². The van der Waals surface area contributed by atoms with Gasteiger partial charge in [0.2, 0.25) is 5.23 Å². The molecule has 0 aromatic rings. The second-order valence-corrected chi connectivity index (χ2v) is 6.42. The van der Waals surface area contributed by atoms with Gasteiger partial charge < -0.3 is 20.1 Å². The number of hydrogen-bond donors (Lipinski definition) is 3. The Hall–Kier alpha value is 0.0500. The summed E-state index contributed by atoms with van der Waals surface area (Å²) >= 11 is 2.90. The molecule has 2 heterocycles. The van der Waals surface area contributed by atoms with Crippen LogP contribution in [0.3, 0.4) is 0 Å². The van der Waals surface area contributed by atoms with E-state index in [0.29, 0.717) is 11.8 Å². The van der Waals surface area contributed by atoms with Crippen LogP contribution >= 0.6 is 23.5 Å². The minimum atomic E-state index is -0.929. The van der Waals surface area contributed by atoms with E-state index in [2.05, 4.69) is 4.99 Å². The highest BCUT2D eigenvalue weighted by Crippen LogP contribution is 2.44. The average Bonchev–Trinajstić information content (AvgIpc) is 2.67. The number of nitrogens with zero attached hydrogens (tertiary/aromatic N) is 1. The van der Waals surface area contributed by atoms with Crippen LogP contribution < -0.4 is 0 Å². The molecule has 0 spiro atoms. The Balaban J connectivity index is 2.08. The van der Waals surface area contributed by atoms with Gasteiger partial charge in [-0.05, 0) is 6.92 Å². The topological polar surface area (TPSA) is 82.3 Å². The summed E-state index contributed by atoms with van der Waals surface area (Å²) in [5, 5.41) is 29.0. The summed E-state index contributed by atoms with van der Waals surface area (Å²) in [7, 11) is 0. The van der Waals surface area contributed by atoms with Gasteiger partial charge in [0.05, 0.1) is 29.1 Å². The summed E-state index contributed by atoms with van der Waals surface area (Å²) in [6.07, 6.45) is -1.85. The predicted molar refractivity (Wildman–Crippen MR) is 64.7 cm³/mol. The molecule has 0 saturated carbocycles. The Morgan fingerprint density at radius 1 is 1.38 bits per heavy atom. The van der Waals surface area contributed by atoms with Crippen molar-refractivity contribution >= 4 is 28.8 Å². The molecule has 2 aliphatic rings. The summed E-state index contributed by atoms with van der Waals surface area (Å²) in [5.74, 6) is 0. The molecule has 2 aliphatic heterocycles. The van der Waals surface area contributed by atoms with E-state index in [-0.39, 0.29) is 22.5 Å². The average molecular weight is 265 g/mol. The van der Waals surface area contributed by atoms with Crippen molar-refractivity contribution < 1.29 is 20.1 Å². The molecular formula is C9H15NO4S2. The maximum Gasteiger partial charge on any atom is 0.247 e. The molecule has 16 heavy (non-hydrogen) atoms. The minimum absolute atomic E-state index is 0.0251. The molecule has 5 atom stereocenters. The number of ether oxygens (including phenoxy) is 1. The van der Waals surface area contributed by atoms with E-state index in [0.717, 1.165) is 0 Å². The molecule has 2 rings (SSSR count). The van der Waals surface area contributed by atoms with E-state index < -0.39 is 12.2 Å². The van der Waals surface area contributed by atoms with Crippen LogP contribution in [0.25, 0.3) is 0 Å². The molecule has 0 radical (unpaired) electrons. The second-order valence-electron chi connectivity index (χ2n) is 3.64. The van der Waals surface area contributed by atoms with Crippen LogP contribution in [0, 0.1) is 0 Å². The lowest BCUT2D eigenvalue weighted by molar-refractivity contribution is -0.00558. The molecule has 92 valence electrons. The lowest BCUT2D eigenvalue weighted by Gasteiger charge is -2.36. The van der Waals surface area contributed by atoms with E-state index in [1.807, 2.05) is 6.92 Å². The monoisotopic (exact) mass is 265 g/mol. The third-order valence-electron chi connectivity index (χ3n) is 2.59. The van der Waals surface area contributed by atoms with Crippen LogP contribution in [0.5, 0.6) is 0 Å². The number of aliphatic imine (C=N–C) groups is 1. The Bertz CT molecular complexity index is 289. The zero-order valence-corrected chi connectivity index (χ0v) is 10.4. The summed E-state index contributed by atoms with van der Waals surface area (Å²) in [6.45, 7) is 2.27. The van der Waals surface area contributed by atoms with E-state index >= 15 is 0 Å². The highest BCUT2D eigenvalue weighted by atomic mass is 32.2. The largest absolute Gasteiger partial charge is 0.473 e. The molecule has 1 fully saturated rings. The van der Waals surface area contributed by atoms with Crippen molar-refractivity contribution in [2.24, 2.45) is 4.99 Å². The summed E-state index contributed by atoms with van der Waals surface area (Å²) in [5.41, 5.74) is 0. The van der Waals surface area contributed by atoms with Gasteiger partial charge in [-0.15, -0.1) is 11.8 Å². The molecule has 0 amide bonds. The van der Waals surface area contributed by atoms with Crippen LogP contribution in [0.2, 0.25) is 0 Å². The van der Waals surface area contributed by atoms with Gasteiger partial charge in [-0.25, -0.2) is 4.99 Å². The number of aliphatic hydroxyl groups is 3. The van der Waals surface area contributed by atoms with Crippen molar-refractivity contribution in [3.8, 4) is 0 Å². The molecule has 7 heteroatoms. The van der Waals surface area contributed by atoms with Crippen molar-refractivity contribution in [1.29, 1.82) is 0 Å². The van der Waals surface area contributed by atoms with E-state index in [1.54, 1.807) is 0 Å². The lowest BCUT2D eigenvalue weighted by Crippen LogP contribution is -2.51. The zero-order chi connectivity index (χ0) is 11.7. The smallest absolute Gasteiger partial charge is 0.247 e. The molecule has 0 aromatic heterocycles. The van der Waals surface area contributed by atoms with Crippen molar-refractivity contribution in [3.05, 3.63) is 0 Å². The van der Waals surface area contributed by atoms with Gasteiger partial charge in [-0.2, -0.15) is 0 Å². The zero-order valence-electron chi connectivity index (χ0n) is 8.81. The SMILES string of the molecule is CCOC1=N[C@H]2[C@@H](S1)S[C@H](CO)[C@@H](O)[C@@H]2O. The Morgan fingerprint density at radius 2 is 2.12 bits per heavy atom. The molecule has 0 aromatic carbocycles. The fourth-order valence-electron chi connectivity index (χ4n) is 1.75. The van der Waals surface area contributed by atoms with E-state index in [4.69, 9.17) is 9.84 Å². The first-order chi connectivity index (χ1) is 7.67. The van der Waals surface area contributed by atoms with Crippen LogP contribution in [-0.4, -0.2) is 61.8 Å². The predicted octanol–water partition coefficient (Wildman–Crippen LogP) is -0.350. The first kappa shape index (κ1) is 12.5. The van der Waals surface area contributed by atoms with Crippen molar-refractivity contribution in [2.75, 3.05) is 13.2 Å². The maximum absolute atomic E-state index is 9.88. The lowest BCUT2D eigenvalue weighted by atomic mass is 10.0. The molecule has 1 saturated heterocycles. The van der Waals surface area contributed by atoms with E-state index in [9.17, 15) is 10.2 Å². The van der Waals surface area contributed by atoms with Crippen molar-refractivity contribution in [2.45, 2.75) is 35.0 Å².